The van der Waals surface area contributed by atoms with Gasteiger partial charge in [0.1, 0.15) is 9.71 Å². The molecule has 3 aromatic rings. The van der Waals surface area contributed by atoms with Crippen molar-refractivity contribution < 1.29 is 14.3 Å². The number of carbonyl (C=O) groups is 1. The largest absolute Gasteiger partial charge is 0.477 e. The minimum absolute atomic E-state index is 0.309. The maximum absolute atomic E-state index is 11.2. The SMILES string of the molecule is Cc1nc(-c2ccco2)nc2sc(C(=O)O)c(C)c12. The van der Waals surface area contributed by atoms with Crippen molar-refractivity contribution in [3.05, 3.63) is 34.5 Å². The first-order valence-corrected chi connectivity index (χ1v) is 6.44. The highest BCUT2D eigenvalue weighted by molar-refractivity contribution is 7.20. The van der Waals surface area contributed by atoms with E-state index in [0.717, 1.165) is 16.6 Å². The van der Waals surface area contributed by atoms with Gasteiger partial charge < -0.3 is 9.52 Å². The summed E-state index contributed by atoms with van der Waals surface area (Å²) in [6, 6.07) is 3.54. The zero-order valence-electron chi connectivity index (χ0n) is 10.3. The molecule has 0 saturated heterocycles. The standard InChI is InChI=1S/C13H10N2O3S/c1-6-9-7(2)14-11(8-4-3-5-18-8)15-12(9)19-10(6)13(16)17/h3-5H,1-2H3,(H,16,17). The molecular weight excluding hydrogens is 264 g/mol. The Kier molecular flexibility index (Phi) is 2.60. The van der Waals surface area contributed by atoms with Gasteiger partial charge in [0.15, 0.2) is 11.6 Å². The van der Waals surface area contributed by atoms with Gasteiger partial charge in [-0.1, -0.05) is 0 Å². The van der Waals surface area contributed by atoms with Gasteiger partial charge in [-0.2, -0.15) is 0 Å². The van der Waals surface area contributed by atoms with E-state index in [1.54, 1.807) is 25.3 Å². The summed E-state index contributed by atoms with van der Waals surface area (Å²) >= 11 is 1.17. The molecule has 3 heterocycles. The summed E-state index contributed by atoms with van der Waals surface area (Å²) < 4.78 is 5.27. The van der Waals surface area contributed by atoms with Crippen molar-refractivity contribution >= 4 is 27.5 Å². The number of rotatable bonds is 2. The number of hydrogen-bond donors (Lipinski definition) is 1. The van der Waals surface area contributed by atoms with E-state index in [9.17, 15) is 4.79 Å². The smallest absolute Gasteiger partial charge is 0.346 e. The molecule has 19 heavy (non-hydrogen) atoms. The van der Waals surface area contributed by atoms with E-state index in [1.807, 2.05) is 6.92 Å². The highest BCUT2D eigenvalue weighted by atomic mass is 32.1. The first kappa shape index (κ1) is 11.9. The summed E-state index contributed by atoms with van der Waals surface area (Å²) in [7, 11) is 0. The molecule has 0 radical (unpaired) electrons. The topological polar surface area (TPSA) is 76.2 Å². The molecule has 0 bridgehead atoms. The van der Waals surface area contributed by atoms with Crippen molar-refractivity contribution in [1.82, 2.24) is 9.97 Å². The Balaban J connectivity index is 2.30. The van der Waals surface area contributed by atoms with E-state index in [2.05, 4.69) is 9.97 Å². The van der Waals surface area contributed by atoms with Gasteiger partial charge in [-0.15, -0.1) is 11.3 Å². The predicted molar refractivity (Wildman–Crippen MR) is 71.6 cm³/mol. The third-order valence-electron chi connectivity index (χ3n) is 2.91. The Labute approximate surface area is 112 Å². The number of nitrogens with zero attached hydrogens (tertiary/aromatic N) is 2. The Morgan fingerprint density at radius 2 is 2.16 bits per heavy atom. The van der Waals surface area contributed by atoms with E-state index in [4.69, 9.17) is 9.52 Å². The molecule has 6 heteroatoms. The van der Waals surface area contributed by atoms with Gasteiger partial charge in [-0.25, -0.2) is 14.8 Å². The van der Waals surface area contributed by atoms with Crippen LogP contribution in [0.1, 0.15) is 20.9 Å². The summed E-state index contributed by atoms with van der Waals surface area (Å²) in [5.41, 5.74) is 1.48. The summed E-state index contributed by atoms with van der Waals surface area (Å²) in [5, 5.41) is 9.97. The van der Waals surface area contributed by atoms with Crippen molar-refractivity contribution in [1.29, 1.82) is 0 Å². The lowest BCUT2D eigenvalue weighted by atomic mass is 10.1. The van der Waals surface area contributed by atoms with Crippen LogP contribution in [-0.4, -0.2) is 21.0 Å². The number of aryl methyl sites for hydroxylation is 2. The highest BCUT2D eigenvalue weighted by Crippen LogP contribution is 2.32. The second-order valence-electron chi connectivity index (χ2n) is 4.15. The zero-order valence-corrected chi connectivity index (χ0v) is 11.1. The molecule has 0 atom stereocenters. The predicted octanol–water partition coefficient (Wildman–Crippen LogP) is 3.27. The van der Waals surface area contributed by atoms with Crippen LogP contribution >= 0.6 is 11.3 Å². The van der Waals surface area contributed by atoms with E-state index in [1.165, 1.54) is 11.3 Å². The van der Waals surface area contributed by atoms with Crippen LogP contribution in [0.3, 0.4) is 0 Å². The zero-order chi connectivity index (χ0) is 13.6. The molecule has 5 nitrogen and oxygen atoms in total. The maximum Gasteiger partial charge on any atom is 0.346 e. The van der Waals surface area contributed by atoms with Crippen LogP contribution in [-0.2, 0) is 0 Å². The summed E-state index contributed by atoms with van der Waals surface area (Å²) in [5.74, 6) is 0.126. The Hall–Kier alpha value is -2.21. The highest BCUT2D eigenvalue weighted by Gasteiger charge is 2.19. The summed E-state index contributed by atoms with van der Waals surface area (Å²) in [6.45, 7) is 3.63. The number of thiophene rings is 1. The van der Waals surface area contributed by atoms with Gasteiger partial charge in [-0.05, 0) is 31.5 Å². The van der Waals surface area contributed by atoms with Gasteiger partial charge in [0.25, 0.3) is 0 Å². The molecule has 0 fully saturated rings. The van der Waals surface area contributed by atoms with Gasteiger partial charge in [0.2, 0.25) is 0 Å². The molecule has 0 amide bonds. The number of aromatic nitrogens is 2. The summed E-state index contributed by atoms with van der Waals surface area (Å²) in [4.78, 5) is 20.9. The normalized spacial score (nSPS) is 11.1. The number of fused-ring (bicyclic) bond motifs is 1. The lowest BCUT2D eigenvalue weighted by molar-refractivity contribution is 0.0701. The Morgan fingerprint density at radius 3 is 2.79 bits per heavy atom. The molecule has 3 rings (SSSR count). The van der Waals surface area contributed by atoms with E-state index in [0.29, 0.717) is 21.3 Å². The maximum atomic E-state index is 11.2. The fourth-order valence-corrected chi connectivity index (χ4v) is 3.13. The number of carboxylic acid groups (broad SMARTS) is 1. The second-order valence-corrected chi connectivity index (χ2v) is 5.15. The van der Waals surface area contributed by atoms with Crippen molar-refractivity contribution in [2.24, 2.45) is 0 Å². The molecule has 1 N–H and O–H groups in total. The molecule has 0 aliphatic carbocycles. The van der Waals surface area contributed by atoms with E-state index < -0.39 is 5.97 Å². The van der Waals surface area contributed by atoms with Gasteiger partial charge in [0.05, 0.1) is 12.0 Å². The van der Waals surface area contributed by atoms with Gasteiger partial charge in [0, 0.05) is 5.39 Å². The molecule has 0 aliphatic rings. The molecule has 0 saturated carbocycles. The van der Waals surface area contributed by atoms with Crippen LogP contribution in [0.4, 0.5) is 0 Å². The monoisotopic (exact) mass is 274 g/mol. The number of furan rings is 1. The van der Waals surface area contributed by atoms with Crippen LogP contribution in [0.2, 0.25) is 0 Å². The van der Waals surface area contributed by atoms with Crippen molar-refractivity contribution in [2.75, 3.05) is 0 Å². The average Bonchev–Trinajstić information content (AvgIpc) is 2.96. The third-order valence-corrected chi connectivity index (χ3v) is 4.08. The van der Waals surface area contributed by atoms with Crippen LogP contribution in [0, 0.1) is 13.8 Å². The van der Waals surface area contributed by atoms with E-state index >= 15 is 0 Å². The second kappa shape index (κ2) is 4.17. The molecule has 0 spiro atoms. The van der Waals surface area contributed by atoms with Crippen LogP contribution in [0.15, 0.2) is 22.8 Å². The summed E-state index contributed by atoms with van der Waals surface area (Å²) in [6.07, 6.45) is 1.56. The Morgan fingerprint density at radius 1 is 1.37 bits per heavy atom. The van der Waals surface area contributed by atoms with Crippen molar-refractivity contribution in [2.45, 2.75) is 13.8 Å². The van der Waals surface area contributed by atoms with Crippen LogP contribution < -0.4 is 0 Å². The average molecular weight is 274 g/mol. The first-order valence-electron chi connectivity index (χ1n) is 5.63. The quantitative estimate of drug-likeness (QED) is 0.776. The molecule has 3 aromatic heterocycles. The van der Waals surface area contributed by atoms with Crippen LogP contribution in [0.25, 0.3) is 21.8 Å². The molecule has 0 unspecified atom stereocenters. The van der Waals surface area contributed by atoms with Crippen LogP contribution in [0.5, 0.6) is 0 Å². The lowest BCUT2D eigenvalue weighted by Crippen LogP contribution is -1.95. The molecule has 0 aromatic carbocycles. The fourth-order valence-electron chi connectivity index (χ4n) is 2.06. The Bertz CT molecular complexity index is 775. The third kappa shape index (κ3) is 1.80. The van der Waals surface area contributed by atoms with Gasteiger partial charge >= 0.3 is 5.97 Å². The molecular formula is C13H10N2O3S. The minimum atomic E-state index is -0.931. The number of hydrogen-bond acceptors (Lipinski definition) is 5. The van der Waals surface area contributed by atoms with Gasteiger partial charge in [-0.3, -0.25) is 0 Å². The van der Waals surface area contributed by atoms with Crippen molar-refractivity contribution in [3.63, 3.8) is 0 Å². The lowest BCUT2D eigenvalue weighted by Gasteiger charge is -2.00. The number of aromatic carboxylic acids is 1. The minimum Gasteiger partial charge on any atom is -0.477 e. The fraction of sp³-hybridized carbons (Fsp3) is 0.154. The van der Waals surface area contributed by atoms with E-state index in [-0.39, 0.29) is 0 Å². The molecule has 0 aliphatic heterocycles. The van der Waals surface area contributed by atoms with Crippen molar-refractivity contribution in [3.8, 4) is 11.6 Å². The number of carboxylic acids is 1. The molecule has 96 valence electrons. The first-order chi connectivity index (χ1) is 9.08.